The van der Waals surface area contributed by atoms with E-state index in [1.807, 2.05) is 0 Å². The molecule has 2 aromatic rings. The molecule has 1 N–H and O–H groups in total. The molecule has 2 unspecified atom stereocenters. The fourth-order valence-electron chi connectivity index (χ4n) is 1.46. The molecule has 8 heteroatoms. The second-order valence-corrected chi connectivity index (χ2v) is 3.56. The van der Waals surface area contributed by atoms with Crippen molar-refractivity contribution >= 4 is 23.7 Å². The van der Waals surface area contributed by atoms with E-state index in [2.05, 4.69) is 15.0 Å². The molecule has 2 heterocycles. The van der Waals surface area contributed by atoms with Crippen molar-refractivity contribution in [2.45, 2.75) is 19.3 Å². The van der Waals surface area contributed by atoms with Gasteiger partial charge in [0.2, 0.25) is 0 Å². The van der Waals surface area contributed by atoms with E-state index in [9.17, 15) is 14.4 Å². The van der Waals surface area contributed by atoms with Crippen LogP contribution in [0.1, 0.15) is 13.2 Å². The fraction of sp³-hybridized carbons (Fsp3) is 0.300. The molecule has 0 spiro atoms. The van der Waals surface area contributed by atoms with Crippen LogP contribution in [0, 0.1) is 0 Å². The van der Waals surface area contributed by atoms with Crippen LogP contribution in [-0.2, 0) is 14.3 Å². The summed E-state index contributed by atoms with van der Waals surface area (Å²) in [6.07, 6.45) is 1.74. The van der Waals surface area contributed by atoms with E-state index in [1.54, 1.807) is 0 Å². The molecule has 0 radical (unpaired) electrons. The van der Waals surface area contributed by atoms with Gasteiger partial charge in [-0.05, 0) is 6.92 Å². The van der Waals surface area contributed by atoms with E-state index in [-0.39, 0.29) is 11.2 Å². The van der Waals surface area contributed by atoms with Crippen LogP contribution < -0.4 is 5.56 Å². The van der Waals surface area contributed by atoms with Gasteiger partial charge in [-0.1, -0.05) is 0 Å². The predicted molar refractivity (Wildman–Crippen MR) is 59.9 cm³/mol. The van der Waals surface area contributed by atoms with Gasteiger partial charge < -0.3 is 14.5 Å². The highest BCUT2D eigenvalue weighted by atomic mass is 16.5. The number of ether oxygens (including phenoxy) is 1. The molecule has 0 aliphatic heterocycles. The van der Waals surface area contributed by atoms with Gasteiger partial charge in [0.1, 0.15) is 12.4 Å². The number of nitrogens with one attached hydrogen (secondary N) is 1. The molecule has 0 bridgehead atoms. The minimum atomic E-state index is -1.05. The molecule has 0 aliphatic rings. The molecule has 2 atom stereocenters. The number of nitrogens with zero attached hydrogens (tertiary/aromatic N) is 3. The van der Waals surface area contributed by atoms with Gasteiger partial charge in [0.15, 0.2) is 23.7 Å². The zero-order valence-electron chi connectivity index (χ0n) is 9.44. The number of imidazole rings is 1. The first-order chi connectivity index (χ1) is 8.67. The van der Waals surface area contributed by atoms with Crippen molar-refractivity contribution in [2.24, 2.45) is 0 Å². The summed E-state index contributed by atoms with van der Waals surface area (Å²) < 4.78 is 6.46. The Morgan fingerprint density at radius 1 is 1.39 bits per heavy atom. The maximum absolute atomic E-state index is 11.4. The number of hydrogen-bond donors (Lipinski definition) is 1. The summed E-state index contributed by atoms with van der Waals surface area (Å²) in [4.78, 5) is 43.1. The Kier molecular flexibility index (Phi) is 3.28. The second kappa shape index (κ2) is 4.88. The summed E-state index contributed by atoms with van der Waals surface area (Å²) in [5.74, 6) is 0. The highest BCUT2D eigenvalue weighted by Gasteiger charge is 2.18. The van der Waals surface area contributed by atoms with Gasteiger partial charge in [-0.3, -0.25) is 14.2 Å². The highest BCUT2D eigenvalue weighted by molar-refractivity contribution is 5.71. The van der Waals surface area contributed by atoms with Gasteiger partial charge in [-0.2, -0.15) is 0 Å². The molecule has 2 aromatic heterocycles. The van der Waals surface area contributed by atoms with E-state index in [0.717, 1.165) is 0 Å². The summed E-state index contributed by atoms with van der Waals surface area (Å²) in [6, 6.07) is 0. The first-order valence-corrected chi connectivity index (χ1v) is 5.13. The number of rotatable bonds is 5. The lowest BCUT2D eigenvalue weighted by Gasteiger charge is -2.15. The average molecular weight is 250 g/mol. The summed E-state index contributed by atoms with van der Waals surface area (Å²) in [7, 11) is 0. The number of aldehydes is 2. The average Bonchev–Trinajstić information content (AvgIpc) is 2.81. The maximum atomic E-state index is 11.4. The van der Waals surface area contributed by atoms with Crippen LogP contribution in [0.25, 0.3) is 11.2 Å². The van der Waals surface area contributed by atoms with E-state index in [4.69, 9.17) is 4.74 Å². The normalized spacial score (nSPS) is 14.3. The van der Waals surface area contributed by atoms with Gasteiger partial charge in [0, 0.05) is 0 Å². The second-order valence-electron chi connectivity index (χ2n) is 3.56. The quantitative estimate of drug-likeness (QED) is 0.711. The molecular formula is C10H10N4O4. The molecule has 0 saturated heterocycles. The monoisotopic (exact) mass is 250 g/mol. The van der Waals surface area contributed by atoms with E-state index < -0.39 is 17.9 Å². The molecule has 0 aliphatic carbocycles. The molecule has 0 saturated carbocycles. The Bertz CT molecular complexity index is 632. The number of carbonyl (C=O) groups excluding carboxylic acids is 2. The highest BCUT2D eigenvalue weighted by Crippen LogP contribution is 2.13. The summed E-state index contributed by atoms with van der Waals surface area (Å²) >= 11 is 0. The molecular weight excluding hydrogens is 240 g/mol. The number of aromatic amines is 1. The van der Waals surface area contributed by atoms with Crippen LogP contribution in [0.5, 0.6) is 0 Å². The summed E-state index contributed by atoms with van der Waals surface area (Å²) in [6.45, 7) is 1.50. The number of aromatic nitrogens is 4. The Morgan fingerprint density at radius 3 is 2.83 bits per heavy atom. The van der Waals surface area contributed by atoms with Crippen molar-refractivity contribution in [3.05, 3.63) is 23.0 Å². The lowest BCUT2D eigenvalue weighted by Crippen LogP contribution is -2.21. The fourth-order valence-corrected chi connectivity index (χ4v) is 1.46. The Hall–Kier alpha value is -2.35. The molecule has 0 amide bonds. The van der Waals surface area contributed by atoms with Crippen molar-refractivity contribution in [2.75, 3.05) is 0 Å². The molecule has 18 heavy (non-hydrogen) atoms. The first kappa shape index (κ1) is 12.1. The van der Waals surface area contributed by atoms with Crippen LogP contribution in [0.15, 0.2) is 17.4 Å². The van der Waals surface area contributed by atoms with E-state index in [1.165, 1.54) is 24.1 Å². The number of hydrogen-bond acceptors (Lipinski definition) is 6. The maximum Gasteiger partial charge on any atom is 0.278 e. The lowest BCUT2D eigenvalue weighted by molar-refractivity contribution is -0.134. The van der Waals surface area contributed by atoms with Crippen LogP contribution in [0.2, 0.25) is 0 Å². The molecule has 8 nitrogen and oxygen atoms in total. The van der Waals surface area contributed by atoms with E-state index >= 15 is 0 Å². The number of fused-ring (bicyclic) bond motifs is 1. The molecule has 0 aromatic carbocycles. The van der Waals surface area contributed by atoms with Crippen molar-refractivity contribution in [3.8, 4) is 0 Å². The topological polar surface area (TPSA) is 107 Å². The van der Waals surface area contributed by atoms with Crippen LogP contribution in [-0.4, -0.2) is 38.2 Å². The number of H-pyrrole nitrogens is 1. The van der Waals surface area contributed by atoms with E-state index in [0.29, 0.717) is 12.6 Å². The van der Waals surface area contributed by atoms with Gasteiger partial charge in [-0.25, -0.2) is 9.97 Å². The zero-order chi connectivity index (χ0) is 13.1. The zero-order valence-corrected chi connectivity index (χ0v) is 9.44. The third-order valence-corrected chi connectivity index (χ3v) is 2.30. The standard InChI is InChI=1S/C10H10N4O4/c1-6(2-15)18-7(3-16)14-5-13-8-9(14)11-4-12-10(8)17/h2-7H,1H3,(H,11,12,17). The van der Waals surface area contributed by atoms with Gasteiger partial charge in [0.25, 0.3) is 5.56 Å². The van der Waals surface area contributed by atoms with Gasteiger partial charge in [-0.15, -0.1) is 0 Å². The Balaban J connectivity index is 2.46. The smallest absolute Gasteiger partial charge is 0.278 e. The summed E-state index contributed by atoms with van der Waals surface area (Å²) in [5.41, 5.74) is -0.0903. The SMILES string of the molecule is CC(C=O)OC(C=O)n1cnc2c(=O)[nH]cnc21. The largest absolute Gasteiger partial charge is 0.340 e. The van der Waals surface area contributed by atoms with Crippen LogP contribution in [0.4, 0.5) is 0 Å². The van der Waals surface area contributed by atoms with Crippen LogP contribution >= 0.6 is 0 Å². The molecule has 0 fully saturated rings. The minimum Gasteiger partial charge on any atom is -0.340 e. The third kappa shape index (κ3) is 2.05. The van der Waals surface area contributed by atoms with Crippen molar-refractivity contribution in [1.29, 1.82) is 0 Å². The first-order valence-electron chi connectivity index (χ1n) is 5.13. The summed E-state index contributed by atoms with van der Waals surface area (Å²) in [5, 5.41) is 0. The number of carbonyl (C=O) groups is 2. The van der Waals surface area contributed by atoms with Crippen molar-refractivity contribution in [3.63, 3.8) is 0 Å². The Morgan fingerprint density at radius 2 is 2.17 bits per heavy atom. The Labute approximate surface area is 101 Å². The van der Waals surface area contributed by atoms with Gasteiger partial charge in [0.05, 0.1) is 12.7 Å². The van der Waals surface area contributed by atoms with Gasteiger partial charge >= 0.3 is 0 Å². The molecule has 94 valence electrons. The van der Waals surface area contributed by atoms with Crippen molar-refractivity contribution in [1.82, 2.24) is 19.5 Å². The van der Waals surface area contributed by atoms with Crippen molar-refractivity contribution < 1.29 is 14.3 Å². The third-order valence-electron chi connectivity index (χ3n) is 2.30. The predicted octanol–water partition coefficient (Wildman–Crippen LogP) is -0.579. The minimum absolute atomic E-state index is 0.103. The molecule has 2 rings (SSSR count). The van der Waals surface area contributed by atoms with Crippen LogP contribution in [0.3, 0.4) is 0 Å². The lowest BCUT2D eigenvalue weighted by atomic mass is 10.4.